The fourth-order valence-electron chi connectivity index (χ4n) is 2.36. The molecule has 0 aliphatic carbocycles. The van der Waals surface area contributed by atoms with Crippen LogP contribution in [-0.2, 0) is 9.47 Å². The molecule has 0 bridgehead atoms. The molecule has 5 nitrogen and oxygen atoms in total. The topological polar surface area (TPSA) is 59.8 Å². The lowest BCUT2D eigenvalue weighted by atomic mass is 9.94. The van der Waals surface area contributed by atoms with E-state index in [4.69, 9.17) is 15.2 Å². The second-order valence-corrected chi connectivity index (χ2v) is 4.55. The normalized spacial score (nSPS) is 30.2. The van der Waals surface area contributed by atoms with Gasteiger partial charge in [0.1, 0.15) is 0 Å². The zero-order valence-corrected chi connectivity index (χ0v) is 9.86. The molecule has 2 aliphatic heterocycles. The Balaban J connectivity index is 1.78. The van der Waals surface area contributed by atoms with Crippen LogP contribution in [0.2, 0.25) is 0 Å². The average molecular weight is 229 g/mol. The standard InChI is InChI=1S/C11H23N3O2/c12-8-11(10-2-1-5-16-9-10)13-14-3-6-15-7-4-14/h10-11,13H,1-9,12H2. The molecule has 0 spiro atoms. The maximum absolute atomic E-state index is 5.84. The monoisotopic (exact) mass is 229 g/mol. The third kappa shape index (κ3) is 3.40. The largest absolute Gasteiger partial charge is 0.381 e. The smallest absolute Gasteiger partial charge is 0.0608 e. The number of ether oxygens (including phenoxy) is 2. The van der Waals surface area contributed by atoms with E-state index in [1.54, 1.807) is 0 Å². The molecule has 2 fully saturated rings. The van der Waals surface area contributed by atoms with Crippen LogP contribution in [0.4, 0.5) is 0 Å². The highest BCUT2D eigenvalue weighted by molar-refractivity contribution is 4.79. The number of hydrogen-bond acceptors (Lipinski definition) is 5. The summed E-state index contributed by atoms with van der Waals surface area (Å²) in [5, 5.41) is 2.23. The maximum Gasteiger partial charge on any atom is 0.0608 e. The number of hydrogen-bond donors (Lipinski definition) is 2. The maximum atomic E-state index is 5.84. The van der Waals surface area contributed by atoms with Gasteiger partial charge in [-0.1, -0.05) is 0 Å². The summed E-state index contributed by atoms with van der Waals surface area (Å²) >= 11 is 0. The SMILES string of the molecule is NCC(NN1CCOCC1)C1CCCOC1. The van der Waals surface area contributed by atoms with E-state index in [9.17, 15) is 0 Å². The third-order valence-electron chi connectivity index (χ3n) is 3.38. The first-order chi connectivity index (χ1) is 7.90. The van der Waals surface area contributed by atoms with E-state index in [1.165, 1.54) is 6.42 Å². The van der Waals surface area contributed by atoms with Crippen molar-refractivity contribution in [3.05, 3.63) is 0 Å². The highest BCUT2D eigenvalue weighted by Crippen LogP contribution is 2.17. The Morgan fingerprint density at radius 2 is 2.06 bits per heavy atom. The molecule has 0 aromatic heterocycles. The predicted molar refractivity (Wildman–Crippen MR) is 61.9 cm³/mol. The number of morpholine rings is 1. The quantitative estimate of drug-likeness (QED) is 0.685. The van der Waals surface area contributed by atoms with Gasteiger partial charge in [0.15, 0.2) is 0 Å². The molecular formula is C11H23N3O2. The van der Waals surface area contributed by atoms with Crippen LogP contribution >= 0.6 is 0 Å². The van der Waals surface area contributed by atoms with Crippen molar-refractivity contribution < 1.29 is 9.47 Å². The molecule has 2 heterocycles. The van der Waals surface area contributed by atoms with Gasteiger partial charge in [-0.2, -0.15) is 0 Å². The van der Waals surface area contributed by atoms with Gasteiger partial charge in [0.25, 0.3) is 0 Å². The first-order valence-electron chi connectivity index (χ1n) is 6.27. The summed E-state index contributed by atoms with van der Waals surface area (Å²) in [6.07, 6.45) is 2.38. The first kappa shape index (κ1) is 12.3. The summed E-state index contributed by atoms with van der Waals surface area (Å²) in [5.41, 5.74) is 9.37. The molecule has 2 aliphatic rings. The molecule has 2 rings (SSSR count). The number of hydrazine groups is 1. The van der Waals surface area contributed by atoms with Gasteiger partial charge in [-0.3, -0.25) is 5.43 Å². The van der Waals surface area contributed by atoms with Crippen LogP contribution < -0.4 is 11.2 Å². The molecule has 2 atom stereocenters. The molecule has 0 saturated carbocycles. The highest BCUT2D eigenvalue weighted by atomic mass is 16.5. The van der Waals surface area contributed by atoms with Crippen molar-refractivity contribution in [3.8, 4) is 0 Å². The van der Waals surface area contributed by atoms with E-state index in [0.29, 0.717) is 18.5 Å². The summed E-state index contributed by atoms with van der Waals surface area (Å²) in [6.45, 7) is 5.95. The lowest BCUT2D eigenvalue weighted by Crippen LogP contribution is -2.55. The molecular weight excluding hydrogens is 206 g/mol. The zero-order chi connectivity index (χ0) is 11.2. The Labute approximate surface area is 97.2 Å². The predicted octanol–water partition coefficient (Wildman–Crippen LogP) is -0.423. The van der Waals surface area contributed by atoms with Crippen molar-refractivity contribution in [1.29, 1.82) is 0 Å². The van der Waals surface area contributed by atoms with Gasteiger partial charge in [-0.25, -0.2) is 5.01 Å². The van der Waals surface area contributed by atoms with E-state index >= 15 is 0 Å². The minimum Gasteiger partial charge on any atom is -0.381 e. The van der Waals surface area contributed by atoms with Gasteiger partial charge in [-0.15, -0.1) is 0 Å². The Bertz CT molecular complexity index is 192. The van der Waals surface area contributed by atoms with Crippen molar-refractivity contribution >= 4 is 0 Å². The van der Waals surface area contributed by atoms with Crippen LogP contribution in [-0.4, -0.2) is 57.1 Å². The summed E-state index contributed by atoms with van der Waals surface area (Å²) in [4.78, 5) is 0. The van der Waals surface area contributed by atoms with E-state index in [1.807, 2.05) is 0 Å². The number of rotatable bonds is 4. The highest BCUT2D eigenvalue weighted by Gasteiger charge is 2.25. The fraction of sp³-hybridized carbons (Fsp3) is 1.00. The molecule has 0 aromatic rings. The van der Waals surface area contributed by atoms with Crippen LogP contribution in [0.1, 0.15) is 12.8 Å². The molecule has 0 amide bonds. The van der Waals surface area contributed by atoms with E-state index in [2.05, 4.69) is 10.4 Å². The van der Waals surface area contributed by atoms with E-state index in [0.717, 1.165) is 45.9 Å². The number of nitrogens with two attached hydrogens (primary N) is 1. The minimum atomic E-state index is 0.346. The molecule has 0 radical (unpaired) electrons. The Morgan fingerprint density at radius 1 is 1.25 bits per heavy atom. The van der Waals surface area contributed by atoms with Gasteiger partial charge in [0.05, 0.1) is 19.8 Å². The van der Waals surface area contributed by atoms with Crippen LogP contribution in [0.3, 0.4) is 0 Å². The second-order valence-electron chi connectivity index (χ2n) is 4.55. The van der Waals surface area contributed by atoms with Gasteiger partial charge < -0.3 is 15.2 Å². The fourth-order valence-corrected chi connectivity index (χ4v) is 2.36. The molecule has 0 aromatic carbocycles. The summed E-state index contributed by atoms with van der Waals surface area (Å²) in [6, 6.07) is 0.346. The first-order valence-corrected chi connectivity index (χ1v) is 6.27. The van der Waals surface area contributed by atoms with Gasteiger partial charge >= 0.3 is 0 Å². The van der Waals surface area contributed by atoms with Crippen LogP contribution in [0.5, 0.6) is 0 Å². The van der Waals surface area contributed by atoms with Crippen molar-refractivity contribution in [2.45, 2.75) is 18.9 Å². The molecule has 16 heavy (non-hydrogen) atoms. The van der Waals surface area contributed by atoms with Crippen LogP contribution in [0.25, 0.3) is 0 Å². The lowest BCUT2D eigenvalue weighted by molar-refractivity contribution is -0.0182. The molecule has 3 N–H and O–H groups in total. The van der Waals surface area contributed by atoms with E-state index < -0.39 is 0 Å². The Kier molecular flexibility index (Phi) is 4.99. The van der Waals surface area contributed by atoms with Crippen LogP contribution in [0.15, 0.2) is 0 Å². The number of nitrogens with zero attached hydrogens (tertiary/aromatic N) is 1. The molecule has 2 saturated heterocycles. The van der Waals surface area contributed by atoms with Crippen molar-refractivity contribution in [3.63, 3.8) is 0 Å². The van der Waals surface area contributed by atoms with Crippen LogP contribution in [0, 0.1) is 5.92 Å². The molecule has 2 unspecified atom stereocenters. The number of nitrogens with one attached hydrogen (secondary N) is 1. The third-order valence-corrected chi connectivity index (χ3v) is 3.38. The van der Waals surface area contributed by atoms with E-state index in [-0.39, 0.29) is 0 Å². The Morgan fingerprint density at radius 3 is 2.69 bits per heavy atom. The molecule has 5 heteroatoms. The zero-order valence-electron chi connectivity index (χ0n) is 9.86. The molecule has 94 valence electrons. The van der Waals surface area contributed by atoms with Crippen molar-refractivity contribution in [2.75, 3.05) is 46.1 Å². The Hall–Kier alpha value is -0.200. The average Bonchev–Trinajstić information content (AvgIpc) is 2.38. The van der Waals surface area contributed by atoms with Crippen molar-refractivity contribution in [2.24, 2.45) is 11.7 Å². The van der Waals surface area contributed by atoms with Gasteiger partial charge in [-0.05, 0) is 12.8 Å². The summed E-state index contributed by atoms with van der Waals surface area (Å²) in [7, 11) is 0. The minimum absolute atomic E-state index is 0.346. The van der Waals surface area contributed by atoms with Gasteiger partial charge in [0.2, 0.25) is 0 Å². The lowest BCUT2D eigenvalue weighted by Gasteiger charge is -2.36. The van der Waals surface area contributed by atoms with Crippen molar-refractivity contribution in [1.82, 2.24) is 10.4 Å². The van der Waals surface area contributed by atoms with Gasteiger partial charge in [0, 0.05) is 38.2 Å². The second kappa shape index (κ2) is 6.51. The summed E-state index contributed by atoms with van der Waals surface area (Å²) in [5.74, 6) is 0.557. The summed E-state index contributed by atoms with van der Waals surface area (Å²) < 4.78 is 10.8.